The highest BCUT2D eigenvalue weighted by Crippen LogP contribution is 2.14. The van der Waals surface area contributed by atoms with Crippen molar-refractivity contribution in [2.75, 3.05) is 0 Å². The van der Waals surface area contributed by atoms with Crippen LogP contribution in [0.5, 0.6) is 0 Å². The van der Waals surface area contributed by atoms with E-state index in [0.717, 1.165) is 13.1 Å². The molecule has 2 aromatic rings. The lowest BCUT2D eigenvalue weighted by molar-refractivity contribution is -0.698. The van der Waals surface area contributed by atoms with Crippen LogP contribution in [0.1, 0.15) is 243 Å². The first-order valence-corrected chi connectivity index (χ1v) is 25.1. The second kappa shape index (κ2) is 39.6. The zero-order chi connectivity index (χ0) is 39.7. The Balaban J connectivity index is 1.34. The predicted molar refractivity (Wildman–Crippen MR) is 247 cm³/mol. The summed E-state index contributed by atoms with van der Waals surface area (Å²) in [6, 6.07) is 9.44. The van der Waals surface area contributed by atoms with Gasteiger partial charge in [0.05, 0.1) is 0 Å². The number of aromatic nitrogens is 2. The van der Waals surface area contributed by atoms with Crippen molar-refractivity contribution in [3.05, 3.63) is 84.5 Å². The van der Waals surface area contributed by atoms with E-state index in [-0.39, 0.29) is 0 Å². The van der Waals surface area contributed by atoms with Gasteiger partial charge in [0.25, 0.3) is 0 Å². The number of aryl methyl sites for hydroxylation is 4. The van der Waals surface area contributed by atoms with Crippen LogP contribution >= 0.6 is 0 Å². The molecule has 56 heavy (non-hydrogen) atoms. The smallest absolute Gasteiger partial charge is 0.169 e. The number of hydrogen-bond acceptors (Lipinski definition) is 0. The Bertz CT molecular complexity index is 1040. The molecule has 2 aromatic heterocycles. The molecule has 0 amide bonds. The van der Waals surface area contributed by atoms with Crippen LogP contribution in [0.15, 0.2) is 73.4 Å². The minimum absolute atomic E-state index is 1.15. The van der Waals surface area contributed by atoms with Gasteiger partial charge in [-0.2, -0.15) is 0 Å². The molecule has 0 N–H and O–H groups in total. The molecule has 0 radical (unpaired) electrons. The molecule has 0 atom stereocenters. The Morgan fingerprint density at radius 1 is 0.304 bits per heavy atom. The fraction of sp³-hybridized carbons (Fsp3) is 0.741. The lowest BCUT2D eigenvalue weighted by atomic mass is 10.0. The highest BCUT2D eigenvalue weighted by atomic mass is 14.9. The van der Waals surface area contributed by atoms with E-state index in [1.165, 1.54) is 242 Å². The molecule has 0 saturated heterocycles. The summed E-state index contributed by atoms with van der Waals surface area (Å²) in [5, 5.41) is 0. The second-order valence-electron chi connectivity index (χ2n) is 17.4. The lowest BCUT2D eigenvalue weighted by Crippen LogP contribution is -2.33. The summed E-state index contributed by atoms with van der Waals surface area (Å²) in [5.41, 5.74) is 3.02. The Morgan fingerprint density at radius 2 is 0.554 bits per heavy atom. The molecule has 0 bridgehead atoms. The first kappa shape index (κ1) is 49.9. The molecule has 2 rings (SSSR count). The second-order valence-corrected chi connectivity index (χ2v) is 17.4. The van der Waals surface area contributed by atoms with Crippen LogP contribution in [0.3, 0.4) is 0 Å². The highest BCUT2D eigenvalue weighted by molar-refractivity contribution is 5.07. The van der Waals surface area contributed by atoms with E-state index >= 15 is 0 Å². The van der Waals surface area contributed by atoms with Gasteiger partial charge in [0, 0.05) is 37.1 Å². The van der Waals surface area contributed by atoms with Crippen LogP contribution in [0.2, 0.25) is 0 Å². The van der Waals surface area contributed by atoms with E-state index in [1.807, 2.05) is 0 Å². The molecule has 0 saturated carbocycles. The minimum atomic E-state index is 1.15. The Hall–Kier alpha value is -2.22. The lowest BCUT2D eigenvalue weighted by Gasteiger charge is -2.03. The normalized spacial score (nSPS) is 11.8. The topological polar surface area (TPSA) is 7.76 Å². The molecule has 2 nitrogen and oxygen atoms in total. The van der Waals surface area contributed by atoms with Crippen LogP contribution in [-0.2, 0) is 25.9 Å². The molecule has 0 aliphatic rings. The van der Waals surface area contributed by atoms with Crippen LogP contribution < -0.4 is 9.13 Å². The van der Waals surface area contributed by atoms with Gasteiger partial charge in [-0.3, -0.25) is 0 Å². The van der Waals surface area contributed by atoms with E-state index in [2.05, 4.69) is 96.3 Å². The van der Waals surface area contributed by atoms with E-state index in [4.69, 9.17) is 0 Å². The Labute approximate surface area is 350 Å². The van der Waals surface area contributed by atoms with Gasteiger partial charge in [0.2, 0.25) is 0 Å². The summed E-state index contributed by atoms with van der Waals surface area (Å²) in [6.45, 7) is 6.89. The molecule has 0 aliphatic heterocycles. The van der Waals surface area contributed by atoms with Crippen molar-refractivity contribution in [2.24, 2.45) is 0 Å². The number of nitrogens with zero attached hydrogens (tertiary/aromatic N) is 2. The van der Waals surface area contributed by atoms with E-state index in [1.54, 1.807) is 0 Å². The number of pyridine rings is 2. The summed E-state index contributed by atoms with van der Waals surface area (Å²) in [6.07, 6.45) is 68.2. The van der Waals surface area contributed by atoms with E-state index in [0.29, 0.717) is 0 Å². The van der Waals surface area contributed by atoms with Crippen LogP contribution in [0.4, 0.5) is 0 Å². The molecule has 2 heterocycles. The third-order valence-electron chi connectivity index (χ3n) is 12.0. The average Bonchev–Trinajstić information content (AvgIpc) is 3.22. The number of rotatable bonds is 41. The van der Waals surface area contributed by atoms with Gasteiger partial charge in [-0.1, -0.05) is 167 Å². The molecule has 0 unspecified atom stereocenters. The summed E-state index contributed by atoms with van der Waals surface area (Å²) < 4.78 is 4.77. The molecule has 0 spiro atoms. The van der Waals surface area contributed by atoms with Gasteiger partial charge in [-0.25, -0.2) is 9.13 Å². The van der Waals surface area contributed by atoms with Gasteiger partial charge in [-0.05, 0) is 101 Å². The molecule has 2 heteroatoms. The quantitative estimate of drug-likeness (QED) is 0.0361. The maximum absolute atomic E-state index is 2.44. The molecular weight excluding hydrogens is 677 g/mol. The first-order valence-electron chi connectivity index (χ1n) is 25.1. The van der Waals surface area contributed by atoms with Gasteiger partial charge in [0.15, 0.2) is 24.8 Å². The van der Waals surface area contributed by atoms with Crippen molar-refractivity contribution < 1.29 is 9.13 Å². The molecule has 318 valence electrons. The first-order chi connectivity index (χ1) is 27.8. The standard InChI is InChI=1S/C54H94N2/c1-3-5-7-9-11-13-15-17-19-21-23-25-27-29-31-33-37-41-53-43-49-55(50-44-53)47-39-35-36-40-48-56-51-45-54(46-52-56)42-38-34-32-30-28-26-24-22-20-18-16-14-12-10-8-6-4-2/h17-20,43-46,49-52H,3-16,21-42,47-48H2,1-2H3/q+2. The summed E-state index contributed by atoms with van der Waals surface area (Å²) in [5.74, 6) is 0. The average molecular weight is 771 g/mol. The van der Waals surface area contributed by atoms with Crippen molar-refractivity contribution in [1.29, 1.82) is 0 Å². The van der Waals surface area contributed by atoms with Crippen molar-refractivity contribution in [2.45, 2.75) is 258 Å². The highest BCUT2D eigenvalue weighted by Gasteiger charge is 2.05. The maximum atomic E-state index is 2.44. The third kappa shape index (κ3) is 31.8. The number of allylic oxidation sites excluding steroid dienone is 4. The molecule has 0 aliphatic carbocycles. The third-order valence-corrected chi connectivity index (χ3v) is 12.0. The zero-order valence-electron chi connectivity index (χ0n) is 37.7. The van der Waals surface area contributed by atoms with E-state index < -0.39 is 0 Å². The van der Waals surface area contributed by atoms with Gasteiger partial charge in [-0.15, -0.1) is 0 Å². The predicted octanol–water partition coefficient (Wildman–Crippen LogP) is 16.5. The van der Waals surface area contributed by atoms with Crippen molar-refractivity contribution in [3.8, 4) is 0 Å². The minimum Gasteiger partial charge on any atom is -0.205 e. The summed E-state index contributed by atoms with van der Waals surface area (Å²) in [4.78, 5) is 0. The molecular formula is C54H94N2+2. The number of unbranched alkanes of at least 4 members (excludes halogenated alkanes) is 29. The van der Waals surface area contributed by atoms with Crippen LogP contribution in [-0.4, -0.2) is 0 Å². The van der Waals surface area contributed by atoms with Gasteiger partial charge in [0.1, 0.15) is 13.1 Å². The van der Waals surface area contributed by atoms with Crippen molar-refractivity contribution in [3.63, 3.8) is 0 Å². The summed E-state index contributed by atoms with van der Waals surface area (Å²) in [7, 11) is 0. The monoisotopic (exact) mass is 771 g/mol. The van der Waals surface area contributed by atoms with Gasteiger partial charge >= 0.3 is 0 Å². The van der Waals surface area contributed by atoms with E-state index in [9.17, 15) is 0 Å². The van der Waals surface area contributed by atoms with Gasteiger partial charge < -0.3 is 0 Å². The van der Waals surface area contributed by atoms with Crippen molar-refractivity contribution in [1.82, 2.24) is 0 Å². The fourth-order valence-electron chi connectivity index (χ4n) is 8.06. The van der Waals surface area contributed by atoms with Crippen LogP contribution in [0, 0.1) is 0 Å². The Morgan fingerprint density at radius 3 is 0.857 bits per heavy atom. The maximum Gasteiger partial charge on any atom is 0.169 e. The fourth-order valence-corrected chi connectivity index (χ4v) is 8.06. The largest absolute Gasteiger partial charge is 0.205 e. The zero-order valence-corrected chi connectivity index (χ0v) is 37.7. The number of hydrogen-bond donors (Lipinski definition) is 0. The van der Waals surface area contributed by atoms with Crippen LogP contribution in [0.25, 0.3) is 0 Å². The SMILES string of the molecule is CCCCCCCCC=CCCCCCCCCCc1cc[n+](CCCCCC[n+]2ccc(CCCCCCCCCC=CCCCCCCCC)cc2)cc1. The molecule has 0 fully saturated rings. The van der Waals surface area contributed by atoms with Crippen molar-refractivity contribution >= 4 is 0 Å². The summed E-state index contributed by atoms with van der Waals surface area (Å²) >= 11 is 0. The Kier molecular flexibility index (Phi) is 35.3. The molecule has 0 aromatic carbocycles.